The lowest BCUT2D eigenvalue weighted by Crippen LogP contribution is -2.56. The van der Waals surface area contributed by atoms with E-state index in [1.54, 1.807) is 0 Å². The number of nitrogens with zero attached hydrogens (tertiary/aromatic N) is 1. The maximum Gasteiger partial charge on any atom is 0.325 e. The lowest BCUT2D eigenvalue weighted by molar-refractivity contribution is -0.346. The van der Waals surface area contributed by atoms with Gasteiger partial charge in [-0.25, -0.2) is 0 Å². The number of hydroxylamine groups is 2. The first kappa shape index (κ1) is 24.4. The van der Waals surface area contributed by atoms with Crippen LogP contribution in [0.15, 0.2) is 0 Å². The van der Waals surface area contributed by atoms with E-state index in [0.29, 0.717) is 6.42 Å². The molecular formula is C20H41NO4. The summed E-state index contributed by atoms with van der Waals surface area (Å²) in [4.78, 5) is 17.1. The van der Waals surface area contributed by atoms with Crippen LogP contribution in [0.2, 0.25) is 0 Å². The molecule has 5 nitrogen and oxygen atoms in total. The normalized spacial score (nSPS) is 12.6. The predicted octanol–water partition coefficient (Wildman–Crippen LogP) is 4.90. The van der Waals surface area contributed by atoms with E-state index in [0.717, 1.165) is 24.3 Å². The molecule has 25 heavy (non-hydrogen) atoms. The number of unbranched alkanes of at least 4 members (excludes halogenated alkanes) is 10. The van der Waals surface area contributed by atoms with Gasteiger partial charge in [0, 0.05) is 6.42 Å². The highest BCUT2D eigenvalue weighted by Gasteiger charge is 2.38. The lowest BCUT2D eigenvalue weighted by Gasteiger charge is -2.39. The van der Waals surface area contributed by atoms with Crippen molar-refractivity contribution in [2.75, 3.05) is 0 Å². The summed E-state index contributed by atoms with van der Waals surface area (Å²) in [5.41, 5.74) is -2.88. The Hall–Kier alpha value is -0.650. The van der Waals surface area contributed by atoms with Crippen molar-refractivity contribution in [3.05, 3.63) is 0 Å². The molecule has 0 saturated heterocycles. The second-order valence-corrected chi connectivity index (χ2v) is 8.03. The van der Waals surface area contributed by atoms with E-state index in [2.05, 4.69) is 6.92 Å². The highest BCUT2D eigenvalue weighted by molar-refractivity contribution is 5.69. The van der Waals surface area contributed by atoms with Gasteiger partial charge in [-0.3, -0.25) is 4.79 Å². The van der Waals surface area contributed by atoms with Crippen LogP contribution in [0.3, 0.4) is 0 Å². The number of rotatable bonds is 15. The molecule has 150 valence electrons. The maximum absolute atomic E-state index is 11.9. The first-order valence-electron chi connectivity index (χ1n) is 10.0. The van der Waals surface area contributed by atoms with Gasteiger partial charge in [-0.2, -0.15) is 0 Å². The number of carbonyl (C=O) groups is 1. The summed E-state index contributed by atoms with van der Waals surface area (Å²) in [6.07, 6.45) is 13.8. The van der Waals surface area contributed by atoms with Crippen LogP contribution in [-0.2, 0) is 9.63 Å². The van der Waals surface area contributed by atoms with E-state index in [1.807, 2.05) is 0 Å². The number of hydrogen-bond acceptors (Lipinski definition) is 5. The summed E-state index contributed by atoms with van der Waals surface area (Å²) < 4.78 is 0. The minimum absolute atomic E-state index is 0.305. The van der Waals surface area contributed by atoms with Gasteiger partial charge in [-0.1, -0.05) is 76.2 Å². The molecule has 0 rings (SSSR count). The van der Waals surface area contributed by atoms with Gasteiger partial charge in [-0.05, 0) is 34.1 Å². The Kier molecular flexibility index (Phi) is 12.3. The molecule has 0 aromatic rings. The third-order valence-corrected chi connectivity index (χ3v) is 4.17. The maximum atomic E-state index is 11.9. The topological polar surface area (TPSA) is 70.0 Å². The molecule has 0 aliphatic carbocycles. The zero-order valence-corrected chi connectivity index (χ0v) is 17.1. The van der Waals surface area contributed by atoms with Crippen molar-refractivity contribution in [2.24, 2.45) is 0 Å². The van der Waals surface area contributed by atoms with E-state index in [9.17, 15) is 15.0 Å². The van der Waals surface area contributed by atoms with Crippen molar-refractivity contribution in [1.29, 1.82) is 0 Å². The molecule has 0 aromatic heterocycles. The molecule has 0 unspecified atom stereocenters. The van der Waals surface area contributed by atoms with Gasteiger partial charge in [-0.15, -0.1) is 0 Å². The van der Waals surface area contributed by atoms with Crippen LogP contribution in [-0.4, -0.2) is 32.7 Å². The lowest BCUT2D eigenvalue weighted by atomic mass is 10.1. The van der Waals surface area contributed by atoms with Crippen LogP contribution >= 0.6 is 0 Å². The fourth-order valence-corrected chi connectivity index (χ4v) is 2.97. The third kappa shape index (κ3) is 13.2. The molecule has 0 aromatic carbocycles. The summed E-state index contributed by atoms with van der Waals surface area (Å²) in [7, 11) is 0. The van der Waals surface area contributed by atoms with Crippen LogP contribution < -0.4 is 0 Å². The molecule has 0 aliphatic rings. The summed E-state index contributed by atoms with van der Waals surface area (Å²) >= 11 is 0. The Morgan fingerprint density at radius 2 is 1.12 bits per heavy atom. The fourth-order valence-electron chi connectivity index (χ4n) is 2.97. The van der Waals surface area contributed by atoms with E-state index in [1.165, 1.54) is 79.1 Å². The first-order chi connectivity index (χ1) is 11.6. The van der Waals surface area contributed by atoms with Crippen molar-refractivity contribution < 1.29 is 19.8 Å². The van der Waals surface area contributed by atoms with Crippen molar-refractivity contribution >= 4 is 5.97 Å². The Labute approximate surface area is 154 Å². The Bertz CT molecular complexity index is 331. The standard InChI is InChI=1S/C20H41NO4/c1-6-7-8-9-10-11-12-13-14-15-16-17-18(22)25-21(19(2,3)23)20(4,5)24/h23-24H,6-17H2,1-5H3. The van der Waals surface area contributed by atoms with Gasteiger partial charge in [0.2, 0.25) is 0 Å². The van der Waals surface area contributed by atoms with Crippen molar-refractivity contribution in [2.45, 2.75) is 123 Å². The Morgan fingerprint density at radius 3 is 1.48 bits per heavy atom. The second-order valence-electron chi connectivity index (χ2n) is 8.03. The van der Waals surface area contributed by atoms with Gasteiger partial charge >= 0.3 is 5.97 Å². The van der Waals surface area contributed by atoms with E-state index < -0.39 is 17.4 Å². The molecule has 0 bridgehead atoms. The average Bonchev–Trinajstić information content (AvgIpc) is 2.48. The van der Waals surface area contributed by atoms with Crippen molar-refractivity contribution in [3.8, 4) is 0 Å². The van der Waals surface area contributed by atoms with Crippen LogP contribution in [0.5, 0.6) is 0 Å². The molecule has 0 aliphatic heterocycles. The summed E-state index contributed by atoms with van der Waals surface area (Å²) in [6, 6.07) is 0. The quantitative estimate of drug-likeness (QED) is 0.247. The monoisotopic (exact) mass is 359 g/mol. The Balaban J connectivity index is 3.73. The van der Waals surface area contributed by atoms with Crippen LogP contribution in [0.25, 0.3) is 0 Å². The smallest absolute Gasteiger partial charge is 0.325 e. The zero-order valence-electron chi connectivity index (χ0n) is 17.1. The van der Waals surface area contributed by atoms with Gasteiger partial charge < -0.3 is 15.1 Å². The first-order valence-corrected chi connectivity index (χ1v) is 10.0. The predicted molar refractivity (Wildman–Crippen MR) is 102 cm³/mol. The molecule has 0 heterocycles. The molecule has 0 amide bonds. The van der Waals surface area contributed by atoms with Gasteiger partial charge in [0.25, 0.3) is 0 Å². The van der Waals surface area contributed by atoms with Crippen LogP contribution in [0.4, 0.5) is 0 Å². The highest BCUT2D eigenvalue weighted by Crippen LogP contribution is 2.22. The van der Waals surface area contributed by atoms with Crippen LogP contribution in [0.1, 0.15) is 112 Å². The van der Waals surface area contributed by atoms with Gasteiger partial charge in [0.15, 0.2) is 0 Å². The minimum Gasteiger partial charge on any atom is -0.373 e. The van der Waals surface area contributed by atoms with Crippen LogP contribution in [0, 0.1) is 0 Å². The minimum atomic E-state index is -1.44. The summed E-state index contributed by atoms with van der Waals surface area (Å²) in [5.74, 6) is -0.417. The zero-order chi connectivity index (χ0) is 19.3. The number of hydrogen-bond donors (Lipinski definition) is 2. The summed E-state index contributed by atoms with van der Waals surface area (Å²) in [5, 5.41) is 21.0. The number of aliphatic hydroxyl groups is 2. The second kappa shape index (κ2) is 12.7. The van der Waals surface area contributed by atoms with Crippen molar-refractivity contribution in [3.63, 3.8) is 0 Å². The Morgan fingerprint density at radius 1 is 0.760 bits per heavy atom. The fraction of sp³-hybridized carbons (Fsp3) is 0.950. The molecule has 5 heteroatoms. The molecule has 0 atom stereocenters. The molecule has 0 saturated carbocycles. The third-order valence-electron chi connectivity index (χ3n) is 4.17. The van der Waals surface area contributed by atoms with E-state index >= 15 is 0 Å². The number of carbonyl (C=O) groups excluding carboxylic acids is 1. The molecule has 0 fully saturated rings. The van der Waals surface area contributed by atoms with Gasteiger partial charge in [0.1, 0.15) is 11.4 Å². The molecule has 0 radical (unpaired) electrons. The van der Waals surface area contributed by atoms with E-state index in [-0.39, 0.29) is 0 Å². The SMILES string of the molecule is CCCCCCCCCCCCCC(=O)ON(C(C)(C)O)C(C)(C)O. The molecular weight excluding hydrogens is 318 g/mol. The average molecular weight is 360 g/mol. The molecule has 0 spiro atoms. The van der Waals surface area contributed by atoms with Gasteiger partial charge in [0.05, 0.1) is 0 Å². The van der Waals surface area contributed by atoms with Crippen molar-refractivity contribution in [1.82, 2.24) is 5.06 Å². The largest absolute Gasteiger partial charge is 0.373 e. The highest BCUT2D eigenvalue weighted by atomic mass is 16.7. The van der Waals surface area contributed by atoms with E-state index in [4.69, 9.17) is 4.84 Å². The molecule has 2 N–H and O–H groups in total. The summed E-state index contributed by atoms with van der Waals surface area (Å²) in [6.45, 7) is 8.13.